The van der Waals surface area contributed by atoms with Crippen molar-refractivity contribution >= 4 is 16.9 Å². The van der Waals surface area contributed by atoms with Crippen LogP contribution in [0.25, 0.3) is 16.7 Å². The fraction of sp³-hybridized carbons (Fsp3) is 0.304. The van der Waals surface area contributed by atoms with E-state index in [1.807, 2.05) is 49.1 Å². The number of likely N-dealkylation sites (tertiary alicyclic amines) is 1. The summed E-state index contributed by atoms with van der Waals surface area (Å²) in [5, 5.41) is 9.64. The van der Waals surface area contributed by atoms with Crippen molar-refractivity contribution in [2.45, 2.75) is 32.6 Å². The van der Waals surface area contributed by atoms with E-state index in [4.69, 9.17) is 0 Å². The van der Waals surface area contributed by atoms with E-state index in [0.717, 1.165) is 35.4 Å². The zero-order valence-electron chi connectivity index (χ0n) is 17.2. The number of aromatic nitrogens is 5. The van der Waals surface area contributed by atoms with Gasteiger partial charge in [0.1, 0.15) is 5.65 Å². The summed E-state index contributed by atoms with van der Waals surface area (Å²) in [6.07, 6.45) is 5.73. The van der Waals surface area contributed by atoms with Crippen molar-refractivity contribution in [3.63, 3.8) is 0 Å². The van der Waals surface area contributed by atoms with Crippen LogP contribution >= 0.6 is 0 Å². The molecule has 4 heterocycles. The highest BCUT2D eigenvalue weighted by Crippen LogP contribution is 2.33. The minimum Gasteiger partial charge on any atom is -0.346 e. The molecule has 0 aliphatic carbocycles. The quantitative estimate of drug-likeness (QED) is 0.568. The molecule has 0 atom stereocenters. The van der Waals surface area contributed by atoms with Crippen LogP contribution in [0.2, 0.25) is 0 Å². The average Bonchev–Trinajstić information content (AvgIpc) is 3.37. The second-order valence-corrected chi connectivity index (χ2v) is 7.98. The lowest BCUT2D eigenvalue weighted by Crippen LogP contribution is -2.38. The summed E-state index contributed by atoms with van der Waals surface area (Å²) in [6.45, 7) is 5.37. The van der Waals surface area contributed by atoms with Crippen LogP contribution in [0.15, 0.2) is 48.8 Å². The van der Waals surface area contributed by atoms with Crippen LogP contribution in [0, 0.1) is 13.8 Å². The molecule has 0 radical (unpaired) electrons. The summed E-state index contributed by atoms with van der Waals surface area (Å²) in [4.78, 5) is 22.7. The molecule has 1 aliphatic rings. The van der Waals surface area contributed by atoms with Crippen LogP contribution in [0.1, 0.15) is 46.1 Å². The number of fused-ring (bicyclic) bond motifs is 1. The number of piperidine rings is 1. The van der Waals surface area contributed by atoms with Crippen LogP contribution in [0.3, 0.4) is 0 Å². The standard InChI is InChI=1S/C23H24N6O/c1-15-5-3-6-18(13-15)29-16(2)21(26-27-29)23(30)28-11-8-17(9-12-28)20-14-25-22-19(20)7-4-10-24-22/h3-7,10,13-14,17H,8-9,11-12H2,1-2H3,(H,24,25). The average molecular weight is 400 g/mol. The minimum atomic E-state index is -0.0366. The predicted molar refractivity (Wildman–Crippen MR) is 115 cm³/mol. The number of aryl methyl sites for hydroxylation is 1. The number of H-pyrrole nitrogens is 1. The molecule has 7 nitrogen and oxygen atoms in total. The Morgan fingerprint density at radius 1 is 1.13 bits per heavy atom. The highest BCUT2D eigenvalue weighted by molar-refractivity contribution is 5.93. The number of nitrogens with zero attached hydrogens (tertiary/aromatic N) is 5. The van der Waals surface area contributed by atoms with Gasteiger partial charge in [0.25, 0.3) is 5.91 Å². The molecular weight excluding hydrogens is 376 g/mol. The van der Waals surface area contributed by atoms with Crippen molar-refractivity contribution in [2.75, 3.05) is 13.1 Å². The minimum absolute atomic E-state index is 0.0366. The zero-order valence-corrected chi connectivity index (χ0v) is 17.2. The van der Waals surface area contributed by atoms with Gasteiger partial charge in [-0.2, -0.15) is 0 Å². The number of rotatable bonds is 3. The molecule has 1 amide bonds. The molecular formula is C23H24N6O. The molecule has 0 bridgehead atoms. The van der Waals surface area contributed by atoms with E-state index in [1.165, 1.54) is 10.9 Å². The van der Waals surface area contributed by atoms with E-state index in [0.29, 0.717) is 24.7 Å². The summed E-state index contributed by atoms with van der Waals surface area (Å²) in [5.74, 6) is 0.390. The van der Waals surface area contributed by atoms with Crippen molar-refractivity contribution in [2.24, 2.45) is 0 Å². The predicted octanol–water partition coefficient (Wildman–Crippen LogP) is 3.78. The lowest BCUT2D eigenvalue weighted by molar-refractivity contribution is 0.0706. The molecule has 1 aromatic carbocycles. The van der Waals surface area contributed by atoms with E-state index in [-0.39, 0.29) is 5.91 Å². The first-order chi connectivity index (χ1) is 14.6. The van der Waals surface area contributed by atoms with Gasteiger partial charge in [-0.05, 0) is 68.0 Å². The third-order valence-electron chi connectivity index (χ3n) is 6.05. The fourth-order valence-electron chi connectivity index (χ4n) is 4.39. The summed E-state index contributed by atoms with van der Waals surface area (Å²) in [6, 6.07) is 12.1. The Morgan fingerprint density at radius 2 is 1.97 bits per heavy atom. The number of benzene rings is 1. The third kappa shape index (κ3) is 3.16. The number of hydrogen-bond acceptors (Lipinski definition) is 4. The van der Waals surface area contributed by atoms with Crippen molar-refractivity contribution in [3.05, 3.63) is 71.3 Å². The topological polar surface area (TPSA) is 79.7 Å². The van der Waals surface area contributed by atoms with Gasteiger partial charge in [0.2, 0.25) is 0 Å². The first-order valence-corrected chi connectivity index (χ1v) is 10.3. The molecule has 7 heteroatoms. The number of amides is 1. The van der Waals surface area contributed by atoms with Gasteiger partial charge in [-0.25, -0.2) is 9.67 Å². The molecule has 4 aromatic rings. The Labute approximate surface area is 174 Å². The van der Waals surface area contributed by atoms with Crippen molar-refractivity contribution in [1.29, 1.82) is 0 Å². The van der Waals surface area contributed by atoms with Gasteiger partial charge in [-0.1, -0.05) is 17.3 Å². The summed E-state index contributed by atoms with van der Waals surface area (Å²) in [5.41, 5.74) is 5.50. The number of nitrogens with one attached hydrogen (secondary N) is 1. The van der Waals surface area contributed by atoms with Gasteiger partial charge in [0.15, 0.2) is 5.69 Å². The molecule has 1 fully saturated rings. The van der Waals surface area contributed by atoms with Crippen molar-refractivity contribution < 1.29 is 4.79 Å². The van der Waals surface area contributed by atoms with Gasteiger partial charge in [-0.3, -0.25) is 4.79 Å². The van der Waals surface area contributed by atoms with E-state index in [9.17, 15) is 4.79 Å². The molecule has 5 rings (SSSR count). The molecule has 3 aromatic heterocycles. The first kappa shape index (κ1) is 18.5. The van der Waals surface area contributed by atoms with E-state index >= 15 is 0 Å². The fourth-order valence-corrected chi connectivity index (χ4v) is 4.39. The molecule has 152 valence electrons. The molecule has 0 unspecified atom stereocenters. The number of aromatic amines is 1. The van der Waals surface area contributed by atoms with Gasteiger partial charge in [0, 0.05) is 30.9 Å². The maximum absolute atomic E-state index is 13.1. The summed E-state index contributed by atoms with van der Waals surface area (Å²) in [7, 11) is 0. The molecule has 1 aliphatic heterocycles. The Kier molecular flexibility index (Phi) is 4.58. The van der Waals surface area contributed by atoms with Gasteiger partial charge in [0.05, 0.1) is 11.4 Å². The highest BCUT2D eigenvalue weighted by Gasteiger charge is 2.29. The lowest BCUT2D eigenvalue weighted by Gasteiger charge is -2.31. The normalized spacial score (nSPS) is 15.1. The largest absolute Gasteiger partial charge is 0.346 e. The summed E-state index contributed by atoms with van der Waals surface area (Å²) < 4.78 is 1.74. The van der Waals surface area contributed by atoms with E-state index < -0.39 is 0 Å². The zero-order chi connectivity index (χ0) is 20.7. The molecule has 1 N–H and O–H groups in total. The molecule has 30 heavy (non-hydrogen) atoms. The van der Waals surface area contributed by atoms with E-state index in [2.05, 4.69) is 32.5 Å². The number of carbonyl (C=O) groups excluding carboxylic acids is 1. The molecule has 0 saturated carbocycles. The highest BCUT2D eigenvalue weighted by atomic mass is 16.2. The Bertz CT molecular complexity index is 1220. The maximum atomic E-state index is 13.1. The number of hydrogen-bond donors (Lipinski definition) is 1. The second-order valence-electron chi connectivity index (χ2n) is 7.98. The van der Waals surface area contributed by atoms with Gasteiger partial charge in [-0.15, -0.1) is 5.10 Å². The lowest BCUT2D eigenvalue weighted by atomic mass is 9.89. The van der Waals surface area contributed by atoms with Crippen LogP contribution in [0.5, 0.6) is 0 Å². The smallest absolute Gasteiger partial charge is 0.276 e. The van der Waals surface area contributed by atoms with Crippen LogP contribution in [-0.4, -0.2) is 48.9 Å². The molecule has 1 saturated heterocycles. The van der Waals surface area contributed by atoms with Crippen molar-refractivity contribution in [3.8, 4) is 5.69 Å². The summed E-state index contributed by atoms with van der Waals surface area (Å²) >= 11 is 0. The molecule has 0 spiro atoms. The first-order valence-electron chi connectivity index (χ1n) is 10.3. The number of pyridine rings is 1. The SMILES string of the molecule is Cc1cccc(-n2nnc(C(=O)N3CCC(c4c[nH]c5ncccc45)CC3)c2C)c1. The Balaban J connectivity index is 1.32. The number of carbonyl (C=O) groups is 1. The van der Waals surface area contributed by atoms with Gasteiger partial charge < -0.3 is 9.88 Å². The van der Waals surface area contributed by atoms with Crippen LogP contribution < -0.4 is 0 Å². The van der Waals surface area contributed by atoms with E-state index in [1.54, 1.807) is 10.9 Å². The second kappa shape index (κ2) is 7.40. The Hall–Kier alpha value is -3.48. The maximum Gasteiger partial charge on any atom is 0.276 e. The van der Waals surface area contributed by atoms with Gasteiger partial charge >= 0.3 is 0 Å². The van der Waals surface area contributed by atoms with Crippen LogP contribution in [-0.2, 0) is 0 Å². The third-order valence-corrected chi connectivity index (χ3v) is 6.05. The van der Waals surface area contributed by atoms with Crippen molar-refractivity contribution in [1.82, 2.24) is 29.9 Å². The monoisotopic (exact) mass is 400 g/mol. The Morgan fingerprint density at radius 3 is 2.77 bits per heavy atom. The van der Waals surface area contributed by atoms with Crippen LogP contribution in [0.4, 0.5) is 0 Å².